The van der Waals surface area contributed by atoms with Gasteiger partial charge in [-0.1, -0.05) is 12.5 Å². The molecule has 0 atom stereocenters. The molecule has 13 heavy (non-hydrogen) atoms. The molecule has 0 saturated heterocycles. The average molecular weight is 175 g/mol. The highest BCUT2D eigenvalue weighted by atomic mass is 16.1. The van der Waals surface area contributed by atoms with E-state index in [1.165, 1.54) is 6.42 Å². The zero-order valence-corrected chi connectivity index (χ0v) is 7.79. The highest BCUT2D eigenvalue weighted by Gasteiger charge is 2.27. The maximum absolute atomic E-state index is 11.8. The van der Waals surface area contributed by atoms with Crippen LogP contribution in [0.3, 0.4) is 0 Å². The van der Waals surface area contributed by atoms with Crippen LogP contribution in [0.4, 0.5) is 0 Å². The van der Waals surface area contributed by atoms with Crippen LogP contribution in [-0.4, -0.2) is 10.8 Å². The molecule has 0 unspecified atom stereocenters. The molecule has 0 spiro atoms. The van der Waals surface area contributed by atoms with Gasteiger partial charge in [0.1, 0.15) is 5.69 Å². The number of rotatable bonds is 2. The van der Waals surface area contributed by atoms with Crippen molar-refractivity contribution >= 4 is 5.78 Å². The lowest BCUT2D eigenvalue weighted by molar-refractivity contribution is 0.0849. The number of carbonyl (C=O) groups is 1. The topological polar surface area (TPSA) is 30.0 Å². The Balaban J connectivity index is 2.24. The van der Waals surface area contributed by atoms with Gasteiger partial charge in [-0.05, 0) is 31.4 Å². The first-order valence-electron chi connectivity index (χ1n) is 4.75. The molecule has 1 aromatic rings. The van der Waals surface area contributed by atoms with E-state index >= 15 is 0 Å². The van der Waals surface area contributed by atoms with Crippen molar-refractivity contribution in [1.82, 2.24) is 4.98 Å². The highest BCUT2D eigenvalue weighted by molar-refractivity contribution is 5.97. The smallest absolute Gasteiger partial charge is 0.184 e. The van der Waals surface area contributed by atoms with E-state index in [0.717, 1.165) is 18.4 Å². The number of carbonyl (C=O) groups excluding carboxylic acids is 1. The first-order valence-corrected chi connectivity index (χ1v) is 4.75. The van der Waals surface area contributed by atoms with Gasteiger partial charge in [0.05, 0.1) is 0 Å². The number of hydrogen-bond acceptors (Lipinski definition) is 2. The minimum absolute atomic E-state index is 0.240. The minimum Gasteiger partial charge on any atom is -0.292 e. The average Bonchev–Trinajstić information content (AvgIpc) is 2.01. The van der Waals surface area contributed by atoms with Crippen LogP contribution >= 0.6 is 0 Å². The molecule has 0 bridgehead atoms. The summed E-state index contributed by atoms with van der Waals surface area (Å²) in [5.41, 5.74) is 1.67. The number of pyridine rings is 1. The third-order valence-electron chi connectivity index (χ3n) is 2.72. The number of Topliss-reactive ketones (excluding diaryl/α,β-unsaturated/α-hetero) is 1. The van der Waals surface area contributed by atoms with Crippen molar-refractivity contribution in [1.29, 1.82) is 0 Å². The predicted octanol–water partition coefficient (Wildman–Crippen LogP) is 2.37. The van der Waals surface area contributed by atoms with Crippen molar-refractivity contribution in [3.8, 4) is 0 Å². The standard InChI is InChI=1S/C11H13NO/c1-8-4-3-7-12-10(8)11(13)9-5-2-6-9/h3-4,7,9H,2,5-6H2,1H3. The summed E-state index contributed by atoms with van der Waals surface area (Å²) in [5, 5.41) is 0. The van der Waals surface area contributed by atoms with Gasteiger partial charge in [0.25, 0.3) is 0 Å². The lowest BCUT2D eigenvalue weighted by atomic mass is 9.80. The van der Waals surface area contributed by atoms with Crippen LogP contribution in [0.15, 0.2) is 18.3 Å². The van der Waals surface area contributed by atoms with Gasteiger partial charge in [-0.3, -0.25) is 9.78 Å². The monoisotopic (exact) mass is 175 g/mol. The molecule has 0 aliphatic heterocycles. The van der Waals surface area contributed by atoms with Gasteiger partial charge in [0.15, 0.2) is 5.78 Å². The van der Waals surface area contributed by atoms with Gasteiger partial charge in [-0.15, -0.1) is 0 Å². The minimum atomic E-state index is 0.240. The number of ketones is 1. The van der Waals surface area contributed by atoms with Crippen LogP contribution in [0.25, 0.3) is 0 Å². The lowest BCUT2D eigenvalue weighted by Gasteiger charge is -2.23. The van der Waals surface area contributed by atoms with Crippen LogP contribution in [0.2, 0.25) is 0 Å². The Morgan fingerprint density at radius 1 is 1.54 bits per heavy atom. The Bertz CT molecular complexity index is 329. The second-order valence-electron chi connectivity index (χ2n) is 3.66. The number of hydrogen-bond donors (Lipinski definition) is 0. The van der Waals surface area contributed by atoms with E-state index in [1.807, 2.05) is 19.1 Å². The summed E-state index contributed by atoms with van der Waals surface area (Å²) in [6.45, 7) is 1.94. The molecule has 0 N–H and O–H groups in total. The molecular formula is C11H13NO. The molecular weight excluding hydrogens is 162 g/mol. The van der Waals surface area contributed by atoms with E-state index in [9.17, 15) is 4.79 Å². The van der Waals surface area contributed by atoms with Crippen LogP contribution in [0, 0.1) is 12.8 Å². The SMILES string of the molecule is Cc1cccnc1C(=O)C1CCC1. The molecule has 1 aliphatic carbocycles. The van der Waals surface area contributed by atoms with Crippen molar-refractivity contribution < 1.29 is 4.79 Å². The second kappa shape index (κ2) is 3.29. The molecule has 1 fully saturated rings. The maximum Gasteiger partial charge on any atom is 0.184 e. The fraction of sp³-hybridized carbons (Fsp3) is 0.455. The Morgan fingerprint density at radius 3 is 2.85 bits per heavy atom. The van der Waals surface area contributed by atoms with Gasteiger partial charge in [-0.25, -0.2) is 0 Å². The van der Waals surface area contributed by atoms with Crippen LogP contribution in [0.5, 0.6) is 0 Å². The van der Waals surface area contributed by atoms with E-state index in [-0.39, 0.29) is 11.7 Å². The van der Waals surface area contributed by atoms with E-state index in [2.05, 4.69) is 4.98 Å². The van der Waals surface area contributed by atoms with Crippen LogP contribution in [0.1, 0.15) is 35.3 Å². The van der Waals surface area contributed by atoms with Crippen molar-refractivity contribution in [2.75, 3.05) is 0 Å². The number of aryl methyl sites for hydroxylation is 1. The summed E-state index contributed by atoms with van der Waals surface area (Å²) in [5.74, 6) is 0.498. The normalized spacial score (nSPS) is 16.7. The lowest BCUT2D eigenvalue weighted by Crippen LogP contribution is -2.23. The summed E-state index contributed by atoms with van der Waals surface area (Å²) in [7, 11) is 0. The Kier molecular flexibility index (Phi) is 2.13. The maximum atomic E-state index is 11.8. The van der Waals surface area contributed by atoms with Crippen molar-refractivity contribution in [2.24, 2.45) is 5.92 Å². The first-order chi connectivity index (χ1) is 6.29. The molecule has 68 valence electrons. The Labute approximate surface area is 78.0 Å². The second-order valence-corrected chi connectivity index (χ2v) is 3.66. The molecule has 2 rings (SSSR count). The van der Waals surface area contributed by atoms with Crippen molar-refractivity contribution in [2.45, 2.75) is 26.2 Å². The first kappa shape index (κ1) is 8.42. The van der Waals surface area contributed by atoms with E-state index < -0.39 is 0 Å². The molecule has 0 radical (unpaired) electrons. The van der Waals surface area contributed by atoms with Crippen LogP contribution in [-0.2, 0) is 0 Å². The highest BCUT2D eigenvalue weighted by Crippen LogP contribution is 2.29. The quantitative estimate of drug-likeness (QED) is 0.646. The molecule has 0 amide bonds. The number of aromatic nitrogens is 1. The summed E-state index contributed by atoms with van der Waals surface area (Å²) in [6, 6.07) is 3.81. The molecule has 2 heteroatoms. The van der Waals surface area contributed by atoms with E-state index in [4.69, 9.17) is 0 Å². The largest absolute Gasteiger partial charge is 0.292 e. The molecule has 1 heterocycles. The summed E-state index contributed by atoms with van der Waals surface area (Å²) < 4.78 is 0. The summed E-state index contributed by atoms with van der Waals surface area (Å²) in [4.78, 5) is 15.9. The Morgan fingerprint density at radius 2 is 2.31 bits per heavy atom. The summed E-state index contributed by atoms with van der Waals surface area (Å²) in [6.07, 6.45) is 4.99. The Hall–Kier alpha value is -1.18. The molecule has 1 saturated carbocycles. The zero-order valence-electron chi connectivity index (χ0n) is 7.79. The molecule has 1 aliphatic rings. The molecule has 0 aromatic carbocycles. The molecule has 1 aromatic heterocycles. The third-order valence-corrected chi connectivity index (χ3v) is 2.72. The van der Waals surface area contributed by atoms with Gasteiger partial charge < -0.3 is 0 Å². The van der Waals surface area contributed by atoms with Gasteiger partial charge in [0.2, 0.25) is 0 Å². The van der Waals surface area contributed by atoms with Crippen molar-refractivity contribution in [3.63, 3.8) is 0 Å². The van der Waals surface area contributed by atoms with Gasteiger partial charge in [0, 0.05) is 12.1 Å². The van der Waals surface area contributed by atoms with Gasteiger partial charge in [-0.2, -0.15) is 0 Å². The third kappa shape index (κ3) is 1.48. The van der Waals surface area contributed by atoms with E-state index in [1.54, 1.807) is 6.20 Å². The van der Waals surface area contributed by atoms with E-state index in [0.29, 0.717) is 5.69 Å². The van der Waals surface area contributed by atoms with Gasteiger partial charge >= 0.3 is 0 Å². The fourth-order valence-corrected chi connectivity index (χ4v) is 1.61. The molecule has 2 nitrogen and oxygen atoms in total. The van der Waals surface area contributed by atoms with Crippen LogP contribution < -0.4 is 0 Å². The summed E-state index contributed by atoms with van der Waals surface area (Å²) >= 11 is 0. The predicted molar refractivity (Wildman–Crippen MR) is 50.6 cm³/mol. The number of nitrogens with zero attached hydrogens (tertiary/aromatic N) is 1. The zero-order chi connectivity index (χ0) is 9.26. The fourth-order valence-electron chi connectivity index (χ4n) is 1.61. The van der Waals surface area contributed by atoms with Crippen molar-refractivity contribution in [3.05, 3.63) is 29.6 Å².